The number of hydrogen-bond acceptors (Lipinski definition) is 4. The maximum atomic E-state index is 12.8. The van der Waals surface area contributed by atoms with E-state index < -0.39 is 16.5 Å². The summed E-state index contributed by atoms with van der Waals surface area (Å²) in [4.78, 5) is 23.2. The number of allylic oxidation sites excluding steroid dienone is 1. The molecule has 0 aliphatic heterocycles. The monoisotopic (exact) mass is 357 g/mol. The Kier molecular flexibility index (Phi) is 4.45. The van der Waals surface area contributed by atoms with E-state index in [4.69, 9.17) is 4.74 Å². The molecular formula is C21H27NO4. The Bertz CT molecular complexity index is 765. The third-order valence-electron chi connectivity index (χ3n) is 6.79. The van der Waals surface area contributed by atoms with Crippen LogP contribution in [0.5, 0.6) is 0 Å². The highest BCUT2D eigenvalue weighted by Gasteiger charge is 2.63. The molecule has 5 nitrogen and oxygen atoms in total. The second kappa shape index (κ2) is 6.22. The molecule has 0 aromatic heterocycles. The summed E-state index contributed by atoms with van der Waals surface area (Å²) in [5, 5.41) is 10.8. The summed E-state index contributed by atoms with van der Waals surface area (Å²) in [5.41, 5.74) is 0.967. The summed E-state index contributed by atoms with van der Waals surface area (Å²) >= 11 is 0. The fraction of sp³-hybridized carbons (Fsp3) is 0.571. The van der Waals surface area contributed by atoms with Gasteiger partial charge in [0, 0.05) is 17.5 Å². The lowest BCUT2D eigenvalue weighted by Gasteiger charge is -2.55. The van der Waals surface area contributed by atoms with E-state index in [9.17, 15) is 14.9 Å². The van der Waals surface area contributed by atoms with E-state index in [0.29, 0.717) is 5.56 Å². The van der Waals surface area contributed by atoms with Gasteiger partial charge in [0.05, 0.1) is 10.5 Å². The number of nitrogens with zero attached hydrogens (tertiary/aromatic N) is 1. The quantitative estimate of drug-likeness (QED) is 0.312. The summed E-state index contributed by atoms with van der Waals surface area (Å²) in [6.45, 7) is 8.80. The summed E-state index contributed by atoms with van der Waals surface area (Å²) in [6.07, 6.45) is 7.32. The Hall–Kier alpha value is -2.17. The number of non-ortho nitro benzene ring substituents is 1. The molecule has 2 aliphatic carbocycles. The Morgan fingerprint density at radius 3 is 2.35 bits per heavy atom. The Balaban J connectivity index is 1.92. The first kappa shape index (κ1) is 18.6. The molecule has 0 amide bonds. The molecule has 5 heteroatoms. The lowest BCUT2D eigenvalue weighted by molar-refractivity contribution is -0.384. The molecule has 140 valence electrons. The van der Waals surface area contributed by atoms with Gasteiger partial charge < -0.3 is 4.74 Å². The third kappa shape index (κ3) is 2.65. The number of nitro benzene ring substituents is 1. The van der Waals surface area contributed by atoms with Gasteiger partial charge in [-0.15, -0.1) is 0 Å². The van der Waals surface area contributed by atoms with Crippen LogP contribution in [0.1, 0.15) is 70.2 Å². The van der Waals surface area contributed by atoms with Gasteiger partial charge in [0.1, 0.15) is 5.60 Å². The van der Waals surface area contributed by atoms with E-state index in [1.54, 1.807) is 0 Å². The smallest absolute Gasteiger partial charge is 0.338 e. The highest BCUT2D eigenvalue weighted by Crippen LogP contribution is 2.65. The number of ether oxygens (including phenoxy) is 1. The molecule has 0 N–H and O–H groups in total. The van der Waals surface area contributed by atoms with Crippen LogP contribution in [0.4, 0.5) is 5.69 Å². The lowest BCUT2D eigenvalue weighted by Crippen LogP contribution is -2.55. The zero-order valence-electron chi connectivity index (χ0n) is 16.0. The van der Waals surface area contributed by atoms with Crippen molar-refractivity contribution in [2.45, 2.75) is 65.4 Å². The van der Waals surface area contributed by atoms with E-state index in [2.05, 4.69) is 33.8 Å². The molecule has 1 aromatic rings. The predicted molar refractivity (Wildman–Crippen MR) is 100.0 cm³/mol. The third-order valence-corrected chi connectivity index (χ3v) is 6.79. The largest absolute Gasteiger partial charge is 0.455 e. The van der Waals surface area contributed by atoms with Gasteiger partial charge in [-0.3, -0.25) is 10.1 Å². The first-order valence-corrected chi connectivity index (χ1v) is 9.28. The van der Waals surface area contributed by atoms with Crippen LogP contribution in [0.3, 0.4) is 0 Å². The first-order chi connectivity index (χ1) is 12.1. The topological polar surface area (TPSA) is 69.4 Å². The molecule has 2 aliphatic rings. The van der Waals surface area contributed by atoms with Crippen LogP contribution in [-0.2, 0) is 4.74 Å². The van der Waals surface area contributed by atoms with Crippen molar-refractivity contribution in [3.63, 3.8) is 0 Å². The van der Waals surface area contributed by atoms with Crippen LogP contribution in [0, 0.1) is 20.9 Å². The van der Waals surface area contributed by atoms with Crippen LogP contribution in [0.2, 0.25) is 0 Å². The fourth-order valence-electron chi connectivity index (χ4n) is 5.53. The van der Waals surface area contributed by atoms with Crippen LogP contribution < -0.4 is 0 Å². The zero-order valence-corrected chi connectivity index (χ0v) is 16.0. The molecule has 26 heavy (non-hydrogen) atoms. The molecule has 3 rings (SSSR count). The van der Waals surface area contributed by atoms with E-state index in [1.165, 1.54) is 29.8 Å². The van der Waals surface area contributed by atoms with Gasteiger partial charge in [-0.05, 0) is 63.5 Å². The summed E-state index contributed by atoms with van der Waals surface area (Å²) < 4.78 is 6.13. The van der Waals surface area contributed by atoms with E-state index in [0.717, 1.165) is 32.1 Å². The number of hydrogen-bond donors (Lipinski definition) is 0. The van der Waals surface area contributed by atoms with Crippen molar-refractivity contribution in [1.82, 2.24) is 0 Å². The highest BCUT2D eigenvalue weighted by molar-refractivity contribution is 5.90. The SMILES string of the molecule is CC1=CCCC(C)(C)C12CCCC2(C)OC(=O)c1ccc([N+](=O)[O-])cc1. The van der Waals surface area contributed by atoms with Gasteiger partial charge >= 0.3 is 5.97 Å². The van der Waals surface area contributed by atoms with Crippen molar-refractivity contribution in [2.75, 3.05) is 0 Å². The number of rotatable bonds is 3. The van der Waals surface area contributed by atoms with Crippen LogP contribution in [0.25, 0.3) is 0 Å². The Labute approximate surface area is 154 Å². The second-order valence-electron chi connectivity index (χ2n) is 8.49. The van der Waals surface area contributed by atoms with Crippen LogP contribution in [-0.4, -0.2) is 16.5 Å². The minimum Gasteiger partial charge on any atom is -0.455 e. The van der Waals surface area contributed by atoms with E-state index in [-0.39, 0.29) is 16.5 Å². The normalized spacial score (nSPS) is 30.1. The molecule has 1 fully saturated rings. The zero-order chi connectivity index (χ0) is 19.2. The van der Waals surface area contributed by atoms with Crippen molar-refractivity contribution in [3.8, 4) is 0 Å². The van der Waals surface area contributed by atoms with Crippen molar-refractivity contribution in [3.05, 3.63) is 51.6 Å². The molecule has 1 spiro atoms. The second-order valence-corrected chi connectivity index (χ2v) is 8.49. The maximum absolute atomic E-state index is 12.8. The number of nitro groups is 1. The standard InChI is InChI=1S/C21H27NO4/c1-15-7-5-12-19(2,3)21(15)14-6-13-20(21,4)26-18(23)16-8-10-17(11-9-16)22(24)25/h7-11H,5-6,12-14H2,1-4H3. The summed E-state index contributed by atoms with van der Waals surface area (Å²) in [7, 11) is 0. The number of benzene rings is 1. The predicted octanol–water partition coefficient (Wildman–Crippen LogP) is 5.45. The minimum atomic E-state index is -0.573. The molecular weight excluding hydrogens is 330 g/mol. The molecule has 0 saturated heterocycles. The molecule has 1 saturated carbocycles. The summed E-state index contributed by atoms with van der Waals surface area (Å²) in [6, 6.07) is 5.64. The molecule has 2 atom stereocenters. The number of esters is 1. The maximum Gasteiger partial charge on any atom is 0.338 e. The van der Waals surface area contributed by atoms with Crippen molar-refractivity contribution in [1.29, 1.82) is 0 Å². The molecule has 1 aromatic carbocycles. The van der Waals surface area contributed by atoms with E-state index >= 15 is 0 Å². The highest BCUT2D eigenvalue weighted by atomic mass is 16.6. The average molecular weight is 357 g/mol. The fourth-order valence-corrected chi connectivity index (χ4v) is 5.53. The van der Waals surface area contributed by atoms with Gasteiger partial charge in [-0.2, -0.15) is 0 Å². The first-order valence-electron chi connectivity index (χ1n) is 9.28. The molecule has 0 heterocycles. The van der Waals surface area contributed by atoms with Gasteiger partial charge in [0.15, 0.2) is 0 Å². The number of carbonyl (C=O) groups excluding carboxylic acids is 1. The molecule has 0 radical (unpaired) electrons. The molecule has 2 unspecified atom stereocenters. The molecule has 0 bridgehead atoms. The Morgan fingerprint density at radius 1 is 1.12 bits per heavy atom. The van der Waals surface area contributed by atoms with Crippen molar-refractivity contribution < 1.29 is 14.5 Å². The van der Waals surface area contributed by atoms with Gasteiger partial charge in [-0.1, -0.05) is 25.5 Å². The lowest BCUT2D eigenvalue weighted by atomic mass is 9.51. The van der Waals surface area contributed by atoms with Crippen LogP contribution in [0.15, 0.2) is 35.9 Å². The van der Waals surface area contributed by atoms with Gasteiger partial charge in [-0.25, -0.2) is 4.79 Å². The Morgan fingerprint density at radius 2 is 1.77 bits per heavy atom. The van der Waals surface area contributed by atoms with Gasteiger partial charge in [0.25, 0.3) is 5.69 Å². The van der Waals surface area contributed by atoms with Crippen LogP contribution >= 0.6 is 0 Å². The number of carbonyl (C=O) groups is 1. The van der Waals surface area contributed by atoms with Crippen molar-refractivity contribution in [2.24, 2.45) is 10.8 Å². The minimum absolute atomic E-state index is 0.0303. The van der Waals surface area contributed by atoms with Crippen molar-refractivity contribution >= 4 is 11.7 Å². The van der Waals surface area contributed by atoms with E-state index in [1.807, 2.05) is 0 Å². The van der Waals surface area contributed by atoms with Gasteiger partial charge in [0.2, 0.25) is 0 Å². The average Bonchev–Trinajstić information content (AvgIpc) is 2.91. The summed E-state index contributed by atoms with van der Waals surface area (Å²) in [5.74, 6) is -0.405.